The van der Waals surface area contributed by atoms with E-state index >= 15 is 0 Å². The molecule has 1 heterocycles. The van der Waals surface area contributed by atoms with Gasteiger partial charge in [0.05, 0.1) is 11.2 Å². The molecule has 0 aliphatic heterocycles. The van der Waals surface area contributed by atoms with Crippen LogP contribution in [0.2, 0.25) is 0 Å². The van der Waals surface area contributed by atoms with Crippen LogP contribution in [0.4, 0.5) is 5.69 Å². The zero-order valence-electron chi connectivity index (χ0n) is 16.8. The molecule has 140 valence electrons. The number of hydrogen-bond donors (Lipinski definition) is 1. The predicted octanol–water partition coefficient (Wildman–Crippen LogP) is 6.40. The van der Waals surface area contributed by atoms with E-state index in [1.54, 1.807) is 18.5 Å². The molecule has 0 bridgehead atoms. The van der Waals surface area contributed by atoms with Crippen LogP contribution in [-0.2, 0) is 5.41 Å². The van der Waals surface area contributed by atoms with E-state index in [-0.39, 0.29) is 16.6 Å². The second-order valence-electron chi connectivity index (χ2n) is 9.01. The number of aliphatic imine (C=N–C) groups is 1. The number of phenolic OH excluding ortho intramolecular Hbond substituents is 1. The first-order valence-corrected chi connectivity index (χ1v) is 9.37. The van der Waals surface area contributed by atoms with Gasteiger partial charge in [0.25, 0.3) is 0 Å². The van der Waals surface area contributed by atoms with E-state index in [2.05, 4.69) is 44.6 Å². The topological polar surface area (TPSA) is 45.5 Å². The molecule has 1 N–H and O–H groups in total. The van der Waals surface area contributed by atoms with E-state index in [0.29, 0.717) is 0 Å². The van der Waals surface area contributed by atoms with Gasteiger partial charge < -0.3 is 5.11 Å². The molecule has 2 aromatic carbocycles. The molecule has 3 heteroatoms. The molecule has 27 heavy (non-hydrogen) atoms. The third-order valence-electron chi connectivity index (χ3n) is 4.74. The monoisotopic (exact) mass is 360 g/mol. The van der Waals surface area contributed by atoms with Crippen LogP contribution in [-0.4, -0.2) is 16.3 Å². The second-order valence-corrected chi connectivity index (χ2v) is 9.01. The van der Waals surface area contributed by atoms with Crippen LogP contribution in [0.3, 0.4) is 0 Å². The smallest absolute Gasteiger partial charge is 0.124 e. The maximum atomic E-state index is 10.3. The highest BCUT2D eigenvalue weighted by Gasteiger charge is 2.27. The number of pyridine rings is 1. The Labute approximate surface area is 161 Å². The van der Waals surface area contributed by atoms with E-state index < -0.39 is 0 Å². The molecule has 0 saturated carbocycles. The Bertz CT molecular complexity index is 976. The van der Waals surface area contributed by atoms with E-state index in [4.69, 9.17) is 0 Å². The molecule has 3 aromatic rings. The molecule has 0 atom stereocenters. The molecule has 0 aliphatic rings. The number of fused-ring (bicyclic) bond motifs is 1. The summed E-state index contributed by atoms with van der Waals surface area (Å²) in [6, 6.07) is 15.7. The first-order chi connectivity index (χ1) is 12.7. The van der Waals surface area contributed by atoms with E-state index in [9.17, 15) is 5.11 Å². The van der Waals surface area contributed by atoms with Crippen LogP contribution in [0.25, 0.3) is 10.9 Å². The third kappa shape index (κ3) is 4.54. The van der Waals surface area contributed by atoms with Crippen LogP contribution in [0.15, 0.2) is 59.7 Å². The van der Waals surface area contributed by atoms with Gasteiger partial charge in [-0.25, -0.2) is 0 Å². The highest BCUT2D eigenvalue weighted by atomic mass is 16.3. The largest absolute Gasteiger partial charge is 0.507 e. The average Bonchev–Trinajstić information content (AvgIpc) is 2.59. The lowest BCUT2D eigenvalue weighted by Crippen LogP contribution is -2.24. The Balaban J connectivity index is 1.96. The number of benzene rings is 2. The van der Waals surface area contributed by atoms with Crippen LogP contribution in [0.1, 0.15) is 52.2 Å². The Kier molecular flexibility index (Phi) is 5.05. The van der Waals surface area contributed by atoms with E-state index in [1.807, 2.05) is 42.5 Å². The molecule has 0 radical (unpaired) electrons. The van der Waals surface area contributed by atoms with Gasteiger partial charge in [0, 0.05) is 23.4 Å². The van der Waals surface area contributed by atoms with Gasteiger partial charge in [-0.2, -0.15) is 0 Å². The highest BCUT2D eigenvalue weighted by Crippen LogP contribution is 2.37. The van der Waals surface area contributed by atoms with Gasteiger partial charge in [-0.1, -0.05) is 58.9 Å². The van der Waals surface area contributed by atoms with Gasteiger partial charge >= 0.3 is 0 Å². The zero-order chi connectivity index (χ0) is 19.7. The fraction of sp³-hybridized carbons (Fsp3) is 0.333. The lowest BCUT2D eigenvalue weighted by Gasteiger charge is -2.33. The first kappa shape index (κ1) is 19.1. The standard InChI is InChI=1S/C24H28N2O/c1-23(2,3)16-24(4,5)19-11-12-21(27)18(14-19)15-26-20-10-6-8-17-9-7-13-25-22(17)20/h6-15,27H,16H2,1-5H3. The van der Waals surface area contributed by atoms with Gasteiger partial charge in [0.1, 0.15) is 5.75 Å². The average molecular weight is 361 g/mol. The van der Waals surface area contributed by atoms with Crippen molar-refractivity contribution in [2.75, 3.05) is 0 Å². The van der Waals surface area contributed by atoms with Crippen LogP contribution >= 0.6 is 0 Å². The maximum absolute atomic E-state index is 10.3. The van der Waals surface area contributed by atoms with Gasteiger partial charge in [-0.05, 0) is 47.1 Å². The van der Waals surface area contributed by atoms with Crippen molar-refractivity contribution in [1.29, 1.82) is 0 Å². The normalized spacial score (nSPS) is 12.8. The molecule has 3 rings (SSSR count). The molecule has 3 nitrogen and oxygen atoms in total. The Morgan fingerprint density at radius 3 is 2.48 bits per heavy atom. The first-order valence-electron chi connectivity index (χ1n) is 9.37. The summed E-state index contributed by atoms with van der Waals surface area (Å²) < 4.78 is 0. The van der Waals surface area contributed by atoms with Crippen molar-refractivity contribution in [3.05, 3.63) is 65.9 Å². The van der Waals surface area contributed by atoms with Crippen molar-refractivity contribution >= 4 is 22.8 Å². The molecule has 0 aliphatic carbocycles. The Morgan fingerprint density at radius 2 is 1.74 bits per heavy atom. The van der Waals surface area contributed by atoms with Crippen molar-refractivity contribution in [1.82, 2.24) is 4.98 Å². The van der Waals surface area contributed by atoms with Gasteiger partial charge in [0.15, 0.2) is 0 Å². The van der Waals surface area contributed by atoms with Crippen LogP contribution in [0.5, 0.6) is 5.75 Å². The summed E-state index contributed by atoms with van der Waals surface area (Å²) in [5, 5.41) is 11.4. The van der Waals surface area contributed by atoms with Gasteiger partial charge in [0.2, 0.25) is 0 Å². The summed E-state index contributed by atoms with van der Waals surface area (Å²) in [6.45, 7) is 11.3. The van der Waals surface area contributed by atoms with Crippen LogP contribution < -0.4 is 0 Å². The molecule has 0 unspecified atom stereocenters. The van der Waals surface area contributed by atoms with Crippen molar-refractivity contribution in [3.8, 4) is 5.75 Å². The SMILES string of the molecule is CC(C)(C)CC(C)(C)c1ccc(O)c(C=Nc2cccc3cccnc23)c1. The van der Waals surface area contributed by atoms with Gasteiger partial charge in [-0.3, -0.25) is 9.98 Å². The number of rotatable bonds is 4. The molecule has 0 amide bonds. The lowest BCUT2D eigenvalue weighted by molar-refractivity contribution is 0.284. The third-order valence-corrected chi connectivity index (χ3v) is 4.74. The summed E-state index contributed by atoms with van der Waals surface area (Å²) in [5.41, 5.74) is 3.82. The quantitative estimate of drug-likeness (QED) is 0.547. The molecule has 0 spiro atoms. The summed E-state index contributed by atoms with van der Waals surface area (Å²) in [5.74, 6) is 0.238. The van der Waals surface area contributed by atoms with Gasteiger partial charge in [-0.15, -0.1) is 0 Å². The molecule has 1 aromatic heterocycles. The minimum absolute atomic E-state index is 0.00946. The summed E-state index contributed by atoms with van der Waals surface area (Å²) >= 11 is 0. The predicted molar refractivity (Wildman–Crippen MR) is 114 cm³/mol. The number of aromatic nitrogens is 1. The molecule has 0 fully saturated rings. The minimum atomic E-state index is 0.00946. The summed E-state index contributed by atoms with van der Waals surface area (Å²) in [7, 11) is 0. The minimum Gasteiger partial charge on any atom is -0.507 e. The van der Waals surface area contributed by atoms with Crippen LogP contribution in [0, 0.1) is 5.41 Å². The highest BCUT2D eigenvalue weighted by molar-refractivity contribution is 5.93. The number of nitrogens with zero attached hydrogens (tertiary/aromatic N) is 2. The number of aromatic hydroxyl groups is 1. The van der Waals surface area contributed by atoms with Crippen molar-refractivity contribution in [3.63, 3.8) is 0 Å². The summed E-state index contributed by atoms with van der Waals surface area (Å²) in [4.78, 5) is 9.05. The van der Waals surface area contributed by atoms with Crippen molar-refractivity contribution < 1.29 is 5.11 Å². The number of phenols is 1. The number of hydrogen-bond acceptors (Lipinski definition) is 3. The lowest BCUT2D eigenvalue weighted by atomic mass is 9.72. The Morgan fingerprint density at radius 1 is 1.00 bits per heavy atom. The van der Waals surface area contributed by atoms with E-state index in [0.717, 1.165) is 28.6 Å². The summed E-state index contributed by atoms with van der Waals surface area (Å²) in [6.07, 6.45) is 4.55. The molecular weight excluding hydrogens is 332 g/mol. The second kappa shape index (κ2) is 7.15. The van der Waals surface area contributed by atoms with E-state index in [1.165, 1.54) is 5.56 Å². The maximum Gasteiger partial charge on any atom is 0.124 e. The fourth-order valence-electron chi connectivity index (χ4n) is 3.84. The molecule has 0 saturated heterocycles. The zero-order valence-corrected chi connectivity index (χ0v) is 16.8. The Hall–Kier alpha value is -2.68. The fourth-order valence-corrected chi connectivity index (χ4v) is 3.84. The van der Waals surface area contributed by atoms with Crippen molar-refractivity contribution in [2.24, 2.45) is 10.4 Å². The van der Waals surface area contributed by atoms with Crippen molar-refractivity contribution in [2.45, 2.75) is 46.5 Å². The molecular formula is C24H28N2O. The number of para-hydroxylation sites is 1.